The van der Waals surface area contributed by atoms with E-state index < -0.39 is 0 Å². The van der Waals surface area contributed by atoms with Crippen molar-refractivity contribution in [3.63, 3.8) is 0 Å². The molecular weight excluding hydrogens is 252 g/mol. The molecule has 0 aromatic heterocycles. The summed E-state index contributed by atoms with van der Waals surface area (Å²) < 4.78 is 5.31. The lowest BCUT2D eigenvalue weighted by Crippen LogP contribution is -2.50. The maximum absolute atomic E-state index is 12.5. The van der Waals surface area contributed by atoms with Crippen molar-refractivity contribution in [3.05, 3.63) is 29.8 Å². The summed E-state index contributed by atoms with van der Waals surface area (Å²) >= 11 is 0. The van der Waals surface area contributed by atoms with E-state index in [9.17, 15) is 4.79 Å². The van der Waals surface area contributed by atoms with Crippen LogP contribution in [0.2, 0.25) is 0 Å². The van der Waals surface area contributed by atoms with Gasteiger partial charge in [-0.15, -0.1) is 0 Å². The Labute approximate surface area is 120 Å². The van der Waals surface area contributed by atoms with Crippen LogP contribution < -0.4 is 15.4 Å². The van der Waals surface area contributed by atoms with Crippen molar-refractivity contribution < 1.29 is 9.53 Å². The molecule has 0 bridgehead atoms. The van der Waals surface area contributed by atoms with Crippen molar-refractivity contribution in [2.24, 2.45) is 5.41 Å². The highest BCUT2D eigenvalue weighted by atomic mass is 16.5. The minimum absolute atomic E-state index is 0.151. The SMILES string of the molecule is CCC1(C(=O)NCc2ccccc2OC)CCCNC1. The lowest BCUT2D eigenvalue weighted by molar-refractivity contribution is -0.132. The molecule has 4 nitrogen and oxygen atoms in total. The van der Waals surface area contributed by atoms with Crippen LogP contribution in [0.1, 0.15) is 31.7 Å². The zero-order chi connectivity index (χ0) is 14.4. The number of ether oxygens (including phenoxy) is 1. The van der Waals surface area contributed by atoms with Gasteiger partial charge in [0.05, 0.1) is 12.5 Å². The Morgan fingerprint density at radius 2 is 2.25 bits per heavy atom. The van der Waals surface area contributed by atoms with Gasteiger partial charge in [-0.2, -0.15) is 0 Å². The third-order valence-corrected chi connectivity index (χ3v) is 4.26. The van der Waals surface area contributed by atoms with Crippen LogP contribution in [0.5, 0.6) is 5.75 Å². The number of carbonyl (C=O) groups is 1. The molecule has 2 N–H and O–H groups in total. The molecule has 0 radical (unpaired) electrons. The molecule has 110 valence electrons. The Morgan fingerprint density at radius 1 is 1.45 bits per heavy atom. The quantitative estimate of drug-likeness (QED) is 0.866. The summed E-state index contributed by atoms with van der Waals surface area (Å²) in [4.78, 5) is 12.5. The summed E-state index contributed by atoms with van der Waals surface area (Å²) in [5.74, 6) is 0.971. The highest BCUT2D eigenvalue weighted by Crippen LogP contribution is 2.30. The first kappa shape index (κ1) is 14.9. The number of nitrogens with one attached hydrogen (secondary N) is 2. The molecule has 1 atom stereocenters. The average Bonchev–Trinajstić information content (AvgIpc) is 2.53. The van der Waals surface area contributed by atoms with Crippen LogP contribution >= 0.6 is 0 Å². The van der Waals surface area contributed by atoms with Crippen LogP contribution in [0.4, 0.5) is 0 Å². The second kappa shape index (κ2) is 6.75. The molecule has 0 spiro atoms. The van der Waals surface area contributed by atoms with Gasteiger partial charge < -0.3 is 15.4 Å². The molecule has 4 heteroatoms. The number of para-hydroxylation sites is 1. The van der Waals surface area contributed by atoms with E-state index in [1.165, 1.54) is 0 Å². The van der Waals surface area contributed by atoms with E-state index in [1.807, 2.05) is 24.3 Å². The van der Waals surface area contributed by atoms with Gasteiger partial charge in [0, 0.05) is 18.7 Å². The van der Waals surface area contributed by atoms with Crippen molar-refractivity contribution >= 4 is 5.91 Å². The molecule has 1 saturated heterocycles. The topological polar surface area (TPSA) is 50.4 Å². The molecular formula is C16H24N2O2. The van der Waals surface area contributed by atoms with Crippen molar-refractivity contribution in [2.45, 2.75) is 32.7 Å². The first-order valence-corrected chi connectivity index (χ1v) is 7.33. The van der Waals surface area contributed by atoms with Gasteiger partial charge >= 0.3 is 0 Å². The van der Waals surface area contributed by atoms with E-state index in [0.29, 0.717) is 6.54 Å². The lowest BCUT2D eigenvalue weighted by atomic mass is 9.77. The second-order valence-corrected chi connectivity index (χ2v) is 5.41. The van der Waals surface area contributed by atoms with Gasteiger partial charge in [-0.3, -0.25) is 4.79 Å². The predicted molar refractivity (Wildman–Crippen MR) is 79.7 cm³/mol. The Balaban J connectivity index is 2.00. The number of hydrogen-bond acceptors (Lipinski definition) is 3. The molecule has 1 aromatic rings. The normalized spacial score (nSPS) is 22.3. The number of methoxy groups -OCH3 is 1. The molecule has 1 heterocycles. The summed E-state index contributed by atoms with van der Waals surface area (Å²) in [5, 5.41) is 6.42. The van der Waals surface area contributed by atoms with Crippen molar-refractivity contribution in [1.29, 1.82) is 0 Å². The minimum atomic E-state index is -0.250. The van der Waals surface area contributed by atoms with E-state index in [0.717, 1.165) is 43.7 Å². The van der Waals surface area contributed by atoms with Gasteiger partial charge in [-0.05, 0) is 31.9 Å². The van der Waals surface area contributed by atoms with E-state index in [-0.39, 0.29) is 11.3 Å². The van der Waals surface area contributed by atoms with E-state index in [2.05, 4.69) is 17.6 Å². The Kier molecular flexibility index (Phi) is 5.01. The van der Waals surface area contributed by atoms with Crippen molar-refractivity contribution in [2.75, 3.05) is 20.2 Å². The monoisotopic (exact) mass is 276 g/mol. The fourth-order valence-corrected chi connectivity index (χ4v) is 2.84. The van der Waals surface area contributed by atoms with Crippen LogP contribution in [-0.2, 0) is 11.3 Å². The number of hydrogen-bond donors (Lipinski definition) is 2. The number of benzene rings is 1. The largest absolute Gasteiger partial charge is 0.496 e. The molecule has 1 aliphatic heterocycles. The van der Waals surface area contributed by atoms with Gasteiger partial charge in [-0.25, -0.2) is 0 Å². The molecule has 1 aliphatic rings. The maximum Gasteiger partial charge on any atom is 0.227 e. The average molecular weight is 276 g/mol. The standard InChI is InChI=1S/C16H24N2O2/c1-3-16(9-6-10-17-12-16)15(19)18-11-13-7-4-5-8-14(13)20-2/h4-5,7-8,17H,3,6,9-12H2,1-2H3,(H,18,19). The first-order chi connectivity index (χ1) is 9.72. The highest BCUT2D eigenvalue weighted by Gasteiger charge is 2.37. The molecule has 0 saturated carbocycles. The lowest BCUT2D eigenvalue weighted by Gasteiger charge is -2.35. The summed E-state index contributed by atoms with van der Waals surface area (Å²) in [7, 11) is 1.65. The summed E-state index contributed by atoms with van der Waals surface area (Å²) in [5.41, 5.74) is 0.763. The Morgan fingerprint density at radius 3 is 2.90 bits per heavy atom. The molecule has 1 fully saturated rings. The maximum atomic E-state index is 12.5. The Bertz CT molecular complexity index is 454. The molecule has 1 aromatic carbocycles. The van der Waals surface area contributed by atoms with E-state index >= 15 is 0 Å². The fraction of sp³-hybridized carbons (Fsp3) is 0.562. The zero-order valence-corrected chi connectivity index (χ0v) is 12.4. The molecule has 20 heavy (non-hydrogen) atoms. The third kappa shape index (κ3) is 3.12. The van der Waals surface area contributed by atoms with Crippen LogP contribution in [0, 0.1) is 5.41 Å². The smallest absolute Gasteiger partial charge is 0.227 e. The van der Waals surface area contributed by atoms with Crippen LogP contribution in [0.3, 0.4) is 0 Å². The number of carbonyl (C=O) groups excluding carboxylic acids is 1. The minimum Gasteiger partial charge on any atom is -0.496 e. The molecule has 1 amide bonds. The van der Waals surface area contributed by atoms with Gasteiger partial charge in [0.15, 0.2) is 0 Å². The summed E-state index contributed by atoms with van der Waals surface area (Å²) in [6.45, 7) is 4.41. The van der Waals surface area contributed by atoms with Gasteiger partial charge in [0.1, 0.15) is 5.75 Å². The zero-order valence-electron chi connectivity index (χ0n) is 12.4. The van der Waals surface area contributed by atoms with Gasteiger partial charge in [-0.1, -0.05) is 25.1 Å². The van der Waals surface area contributed by atoms with Crippen molar-refractivity contribution in [3.8, 4) is 5.75 Å². The Hall–Kier alpha value is -1.55. The van der Waals surface area contributed by atoms with E-state index in [4.69, 9.17) is 4.74 Å². The third-order valence-electron chi connectivity index (χ3n) is 4.26. The predicted octanol–water partition coefficient (Wildman–Crippen LogP) is 2.09. The van der Waals surface area contributed by atoms with E-state index in [1.54, 1.807) is 7.11 Å². The molecule has 1 unspecified atom stereocenters. The van der Waals surface area contributed by atoms with Crippen LogP contribution in [-0.4, -0.2) is 26.1 Å². The first-order valence-electron chi connectivity index (χ1n) is 7.33. The van der Waals surface area contributed by atoms with Crippen LogP contribution in [0.25, 0.3) is 0 Å². The summed E-state index contributed by atoms with van der Waals surface area (Å²) in [6.07, 6.45) is 2.90. The second-order valence-electron chi connectivity index (χ2n) is 5.41. The molecule has 2 rings (SSSR count). The fourth-order valence-electron chi connectivity index (χ4n) is 2.84. The summed E-state index contributed by atoms with van der Waals surface area (Å²) in [6, 6.07) is 7.79. The number of rotatable bonds is 5. The molecule has 0 aliphatic carbocycles. The van der Waals surface area contributed by atoms with Gasteiger partial charge in [0.25, 0.3) is 0 Å². The van der Waals surface area contributed by atoms with Gasteiger partial charge in [0.2, 0.25) is 5.91 Å². The highest BCUT2D eigenvalue weighted by molar-refractivity contribution is 5.83. The number of amides is 1. The van der Waals surface area contributed by atoms with Crippen LogP contribution in [0.15, 0.2) is 24.3 Å². The number of piperidine rings is 1. The van der Waals surface area contributed by atoms with Crippen molar-refractivity contribution in [1.82, 2.24) is 10.6 Å².